The van der Waals surface area contributed by atoms with Gasteiger partial charge in [-0.05, 0) is 34.0 Å². The Hall–Kier alpha value is -1.22. The number of rotatable bonds is 2. The summed E-state index contributed by atoms with van der Waals surface area (Å²) >= 11 is 3.07. The lowest BCUT2D eigenvalue weighted by Crippen LogP contribution is -2.23. The maximum atomic E-state index is 12.7. The molecule has 4 nitrogen and oxygen atoms in total. The van der Waals surface area contributed by atoms with Crippen molar-refractivity contribution in [1.82, 2.24) is 9.97 Å². The summed E-state index contributed by atoms with van der Waals surface area (Å²) in [6.45, 7) is 3.61. The molecule has 114 valence electrons. The van der Waals surface area contributed by atoms with Crippen molar-refractivity contribution in [3.8, 4) is 0 Å². The first-order valence-corrected chi connectivity index (χ1v) is 8.09. The summed E-state index contributed by atoms with van der Waals surface area (Å²) in [6, 6.07) is 1.88. The summed E-state index contributed by atoms with van der Waals surface area (Å²) in [7, 11) is -5.42. The Balaban J connectivity index is 2.85. The zero-order valence-corrected chi connectivity index (χ0v) is 13.3. The van der Waals surface area contributed by atoms with Crippen molar-refractivity contribution >= 4 is 36.7 Å². The smallest absolute Gasteiger partial charge is 0.240 e. The van der Waals surface area contributed by atoms with E-state index in [0.717, 1.165) is 12.1 Å². The fraction of sp³-hybridized carbons (Fsp3) is 0.333. The second kappa shape index (κ2) is 5.20. The number of fused-ring (bicyclic) bond motifs is 1. The monoisotopic (exact) mass is 382 g/mol. The Morgan fingerprint density at radius 2 is 1.81 bits per heavy atom. The van der Waals surface area contributed by atoms with E-state index in [1.807, 2.05) is 0 Å². The molecule has 0 unspecified atom stereocenters. The van der Waals surface area contributed by atoms with Crippen LogP contribution in [0.4, 0.5) is 13.2 Å². The molecule has 2 aromatic rings. The molecule has 0 atom stereocenters. The predicted molar refractivity (Wildman–Crippen MR) is 74.6 cm³/mol. The van der Waals surface area contributed by atoms with Crippen LogP contribution in [0.5, 0.6) is 0 Å². The summed E-state index contributed by atoms with van der Waals surface area (Å²) in [6.07, 6.45) is 1.29. The van der Waals surface area contributed by atoms with Gasteiger partial charge in [0.2, 0.25) is 0 Å². The quantitative estimate of drug-likeness (QED) is 0.792. The molecule has 0 aliphatic carbocycles. The van der Waals surface area contributed by atoms with Gasteiger partial charge in [-0.3, -0.25) is 0 Å². The number of alkyl halides is 3. The minimum absolute atomic E-state index is 0.0914. The van der Waals surface area contributed by atoms with Crippen molar-refractivity contribution in [2.24, 2.45) is 0 Å². The maximum Gasteiger partial charge on any atom is 0.501 e. The van der Waals surface area contributed by atoms with E-state index in [9.17, 15) is 21.6 Å². The van der Waals surface area contributed by atoms with Crippen LogP contribution in [0.1, 0.15) is 25.5 Å². The van der Waals surface area contributed by atoms with E-state index in [1.54, 1.807) is 13.8 Å². The highest BCUT2D eigenvalue weighted by atomic mass is 79.9. The van der Waals surface area contributed by atoms with Gasteiger partial charge in [0.1, 0.15) is 6.33 Å². The highest BCUT2D eigenvalue weighted by molar-refractivity contribution is 9.10. The number of aromatic nitrogens is 2. The molecule has 1 heterocycles. The van der Waals surface area contributed by atoms with Crippen LogP contribution in [0.2, 0.25) is 0 Å². The first kappa shape index (κ1) is 16.2. The van der Waals surface area contributed by atoms with Gasteiger partial charge in [-0.15, -0.1) is 0 Å². The number of hydrogen-bond acceptors (Lipinski definition) is 4. The minimum Gasteiger partial charge on any atom is -0.240 e. The molecule has 0 amide bonds. The molecule has 0 N–H and O–H groups in total. The van der Waals surface area contributed by atoms with Crippen molar-refractivity contribution < 1.29 is 21.6 Å². The lowest BCUT2D eigenvalue weighted by Gasteiger charge is -2.12. The SMILES string of the molecule is CC(C)c1ncnc2c(Br)cc(S(=O)(=O)C(F)(F)F)cc12. The molecule has 0 bridgehead atoms. The molecule has 2 rings (SSSR count). The molecule has 0 saturated heterocycles. The Bertz CT molecular complexity index is 804. The van der Waals surface area contributed by atoms with E-state index in [2.05, 4.69) is 25.9 Å². The van der Waals surface area contributed by atoms with Crippen LogP contribution in [-0.4, -0.2) is 23.9 Å². The van der Waals surface area contributed by atoms with Gasteiger partial charge >= 0.3 is 5.51 Å². The zero-order valence-electron chi connectivity index (χ0n) is 10.9. The summed E-state index contributed by atoms with van der Waals surface area (Å²) in [5, 5.41) is 0.282. The van der Waals surface area contributed by atoms with Crippen LogP contribution >= 0.6 is 15.9 Å². The van der Waals surface area contributed by atoms with E-state index in [-0.39, 0.29) is 15.8 Å². The highest BCUT2D eigenvalue weighted by Crippen LogP contribution is 2.35. The normalized spacial score (nSPS) is 13.1. The molecule has 21 heavy (non-hydrogen) atoms. The molecule has 0 saturated carbocycles. The third kappa shape index (κ3) is 2.76. The van der Waals surface area contributed by atoms with Crippen LogP contribution in [-0.2, 0) is 9.84 Å². The molecular formula is C12H10BrF3N2O2S. The number of sulfone groups is 1. The van der Waals surface area contributed by atoms with Gasteiger partial charge in [0.15, 0.2) is 0 Å². The molecule has 9 heteroatoms. The first-order valence-electron chi connectivity index (χ1n) is 5.81. The van der Waals surface area contributed by atoms with E-state index in [4.69, 9.17) is 0 Å². The van der Waals surface area contributed by atoms with E-state index in [0.29, 0.717) is 11.2 Å². The molecule has 0 aliphatic heterocycles. The van der Waals surface area contributed by atoms with Crippen molar-refractivity contribution in [2.75, 3.05) is 0 Å². The average molecular weight is 383 g/mol. The standard InChI is InChI=1S/C12H10BrF3N2O2S/c1-6(2)10-8-3-7(21(19,20)12(14,15)16)4-9(13)11(8)18-5-17-10/h3-6H,1-2H3. The van der Waals surface area contributed by atoms with Gasteiger partial charge < -0.3 is 0 Å². The van der Waals surface area contributed by atoms with Crippen LogP contribution < -0.4 is 0 Å². The van der Waals surface area contributed by atoms with Gasteiger partial charge in [-0.25, -0.2) is 18.4 Å². The molecular weight excluding hydrogens is 373 g/mol. The minimum atomic E-state index is -5.42. The lowest BCUT2D eigenvalue weighted by atomic mass is 10.1. The highest BCUT2D eigenvalue weighted by Gasteiger charge is 2.47. The molecule has 1 aromatic carbocycles. The summed E-state index contributed by atoms with van der Waals surface area (Å²) in [4.78, 5) is 7.17. The van der Waals surface area contributed by atoms with Gasteiger partial charge in [0, 0.05) is 9.86 Å². The van der Waals surface area contributed by atoms with Crippen molar-refractivity contribution in [1.29, 1.82) is 0 Å². The third-order valence-corrected chi connectivity index (χ3v) is 4.93. The molecule has 0 aliphatic rings. The topological polar surface area (TPSA) is 59.9 Å². The van der Waals surface area contributed by atoms with E-state index < -0.39 is 20.2 Å². The van der Waals surface area contributed by atoms with Crippen molar-refractivity contribution in [3.05, 3.63) is 28.6 Å². The Morgan fingerprint density at radius 3 is 2.33 bits per heavy atom. The average Bonchev–Trinajstić information content (AvgIpc) is 2.36. The van der Waals surface area contributed by atoms with Crippen LogP contribution in [0.3, 0.4) is 0 Å². The number of halogens is 4. The molecule has 0 radical (unpaired) electrons. The van der Waals surface area contributed by atoms with Gasteiger partial charge in [0.25, 0.3) is 9.84 Å². The summed E-state index contributed by atoms with van der Waals surface area (Å²) in [5.41, 5.74) is -4.50. The molecule has 1 aromatic heterocycles. The van der Waals surface area contributed by atoms with E-state index in [1.165, 1.54) is 6.33 Å². The summed E-state index contributed by atoms with van der Waals surface area (Å²) < 4.78 is 61.3. The van der Waals surface area contributed by atoms with Crippen LogP contribution in [0.25, 0.3) is 10.9 Å². The zero-order chi connectivity index (χ0) is 16.0. The lowest BCUT2D eigenvalue weighted by molar-refractivity contribution is -0.0435. The Labute approximate surface area is 127 Å². The second-order valence-electron chi connectivity index (χ2n) is 4.66. The van der Waals surface area contributed by atoms with Crippen molar-refractivity contribution in [2.45, 2.75) is 30.2 Å². The number of benzene rings is 1. The Kier molecular flexibility index (Phi) is 4.00. The Morgan fingerprint density at radius 1 is 1.19 bits per heavy atom. The third-order valence-electron chi connectivity index (χ3n) is 2.86. The van der Waals surface area contributed by atoms with Gasteiger partial charge in [0.05, 0.1) is 16.1 Å². The fourth-order valence-electron chi connectivity index (χ4n) is 1.87. The van der Waals surface area contributed by atoms with Crippen LogP contribution in [0, 0.1) is 0 Å². The number of hydrogen-bond donors (Lipinski definition) is 0. The predicted octanol–water partition coefficient (Wildman–Crippen LogP) is 3.81. The summed E-state index contributed by atoms with van der Waals surface area (Å²) in [5.74, 6) is -0.0914. The molecule has 0 fully saturated rings. The van der Waals surface area contributed by atoms with Gasteiger partial charge in [-0.1, -0.05) is 13.8 Å². The largest absolute Gasteiger partial charge is 0.501 e. The first-order chi connectivity index (χ1) is 9.55. The molecule has 0 spiro atoms. The van der Waals surface area contributed by atoms with Crippen molar-refractivity contribution in [3.63, 3.8) is 0 Å². The van der Waals surface area contributed by atoms with Crippen LogP contribution in [0.15, 0.2) is 27.8 Å². The van der Waals surface area contributed by atoms with E-state index >= 15 is 0 Å². The maximum absolute atomic E-state index is 12.7. The van der Waals surface area contributed by atoms with Gasteiger partial charge in [-0.2, -0.15) is 13.2 Å². The second-order valence-corrected chi connectivity index (χ2v) is 7.46. The fourth-order valence-corrected chi connectivity index (χ4v) is 3.40. The number of nitrogens with zero attached hydrogens (tertiary/aromatic N) is 2.